The number of nitrogens with one attached hydrogen (secondary N) is 6. The van der Waals surface area contributed by atoms with Crippen molar-refractivity contribution in [3.05, 3.63) is 64.7 Å². The number of rotatable bonds is 8. The number of hydrogen-bond donors (Lipinski definition) is 9. The van der Waals surface area contributed by atoms with Gasteiger partial charge in [0.15, 0.2) is 5.96 Å². The summed E-state index contributed by atoms with van der Waals surface area (Å²) in [5.41, 5.74) is 13.4. The first-order chi connectivity index (χ1) is 25.9. The average molecular weight is 766 g/mol. The summed E-state index contributed by atoms with van der Waals surface area (Å²) in [6.45, 7) is 8.81. The number of aryl methyl sites for hydroxylation is 2. The second-order valence-corrected chi connectivity index (χ2v) is 14.5. The summed E-state index contributed by atoms with van der Waals surface area (Å²) >= 11 is 0. The molecule has 0 radical (unpaired) electrons. The normalized spacial score (nSPS) is 20.0. The SMILES string of the molecule is Cc1cc(O)cc(C)c1C[C@@H]1NC(=O)[C@H](NC(=O)OC(C)(C)C)CCCN=C(N)NC(=O)NCCCC[C@@H](C(=O)N[C@@H](Cc2ccccc2)C(N)=O)NC1=O. The number of nitrogens with two attached hydrogens (primary N) is 2. The fourth-order valence-electron chi connectivity index (χ4n) is 5.95. The van der Waals surface area contributed by atoms with Gasteiger partial charge in [0.1, 0.15) is 35.5 Å². The summed E-state index contributed by atoms with van der Waals surface area (Å²) in [7, 11) is 0. The number of phenols is 1. The Morgan fingerprint density at radius 2 is 1.65 bits per heavy atom. The number of nitrogens with zero attached hydrogens (tertiary/aromatic N) is 1. The Morgan fingerprint density at radius 1 is 0.982 bits per heavy atom. The van der Waals surface area contributed by atoms with E-state index >= 15 is 0 Å². The van der Waals surface area contributed by atoms with Gasteiger partial charge in [0.25, 0.3) is 0 Å². The molecule has 0 bridgehead atoms. The van der Waals surface area contributed by atoms with Gasteiger partial charge in [-0.3, -0.25) is 29.5 Å². The van der Waals surface area contributed by atoms with Gasteiger partial charge < -0.3 is 47.9 Å². The largest absolute Gasteiger partial charge is 0.508 e. The zero-order valence-corrected chi connectivity index (χ0v) is 32.1. The predicted molar refractivity (Wildman–Crippen MR) is 206 cm³/mol. The second-order valence-electron chi connectivity index (χ2n) is 14.5. The van der Waals surface area contributed by atoms with Crippen LogP contribution in [0.1, 0.15) is 75.1 Å². The van der Waals surface area contributed by atoms with Crippen LogP contribution < -0.4 is 43.4 Å². The molecule has 0 aliphatic carbocycles. The summed E-state index contributed by atoms with van der Waals surface area (Å²) in [5.74, 6) is -3.01. The number of alkyl carbamates (subject to hydrolysis) is 1. The molecule has 4 atom stereocenters. The highest BCUT2D eigenvalue weighted by Gasteiger charge is 2.32. The Labute approximate surface area is 321 Å². The Hall–Kier alpha value is -5.87. The van der Waals surface area contributed by atoms with Gasteiger partial charge in [-0.25, -0.2) is 9.59 Å². The van der Waals surface area contributed by atoms with Crippen LogP contribution in [0.2, 0.25) is 0 Å². The minimum atomic E-state index is -1.27. The van der Waals surface area contributed by atoms with Gasteiger partial charge in [0.2, 0.25) is 23.6 Å². The van der Waals surface area contributed by atoms with Crippen LogP contribution >= 0.6 is 0 Å². The number of aromatic hydroxyl groups is 1. The van der Waals surface area contributed by atoms with E-state index in [1.807, 2.05) is 6.07 Å². The minimum absolute atomic E-state index is 0.0281. The predicted octanol–water partition coefficient (Wildman–Crippen LogP) is 1.21. The maximum absolute atomic E-state index is 14.3. The number of aliphatic imine (C=N–C) groups is 1. The van der Waals surface area contributed by atoms with Gasteiger partial charge in [-0.05, 0) is 101 Å². The molecule has 1 aliphatic heterocycles. The van der Waals surface area contributed by atoms with Crippen LogP contribution in [0.15, 0.2) is 47.5 Å². The third-order valence-corrected chi connectivity index (χ3v) is 8.68. The molecule has 3 rings (SSSR count). The monoisotopic (exact) mass is 765 g/mol. The Morgan fingerprint density at radius 3 is 2.29 bits per heavy atom. The van der Waals surface area contributed by atoms with Crippen LogP contribution in [0.25, 0.3) is 0 Å². The number of carbonyl (C=O) groups excluding carboxylic acids is 6. The Bertz CT molecular complexity index is 1690. The van der Waals surface area contributed by atoms with Crippen molar-refractivity contribution in [1.82, 2.24) is 31.9 Å². The van der Waals surface area contributed by atoms with Crippen molar-refractivity contribution in [3.63, 3.8) is 0 Å². The number of primary amides is 1. The quantitative estimate of drug-likeness (QED) is 0.187. The van der Waals surface area contributed by atoms with Crippen LogP contribution in [0.4, 0.5) is 9.59 Å². The van der Waals surface area contributed by atoms with E-state index in [4.69, 9.17) is 16.2 Å². The van der Waals surface area contributed by atoms with Crippen molar-refractivity contribution in [1.29, 1.82) is 0 Å². The molecular formula is C38H55N9O8. The van der Waals surface area contributed by atoms with Gasteiger partial charge in [-0.15, -0.1) is 0 Å². The molecule has 0 fully saturated rings. The maximum Gasteiger partial charge on any atom is 0.408 e. The molecule has 17 heteroatoms. The molecule has 1 aliphatic rings. The molecule has 2 aromatic carbocycles. The minimum Gasteiger partial charge on any atom is -0.508 e. The van der Waals surface area contributed by atoms with E-state index in [1.165, 1.54) is 12.1 Å². The number of ether oxygens (including phenoxy) is 1. The summed E-state index contributed by atoms with van der Waals surface area (Å²) in [5, 5.41) is 26.1. The average Bonchev–Trinajstić information content (AvgIpc) is 3.08. The number of urea groups is 1. The molecule has 300 valence electrons. The van der Waals surface area contributed by atoms with Crippen molar-refractivity contribution < 1.29 is 38.6 Å². The highest BCUT2D eigenvalue weighted by atomic mass is 16.6. The van der Waals surface area contributed by atoms with Gasteiger partial charge in [-0.1, -0.05) is 30.3 Å². The molecule has 0 unspecified atom stereocenters. The van der Waals surface area contributed by atoms with Gasteiger partial charge in [-0.2, -0.15) is 0 Å². The standard InChI is InChI=1S/C38H55N9O8/c1-22-18-25(48)19-23(2)26(22)21-30-34(52)43-27(32(50)44-29(31(39)49)20-24-12-7-6-8-13-24)14-9-10-16-42-36(53)47-35(40)41-17-11-15-28(33(51)45-30)46-37(54)55-38(3,4)5/h6-8,12-13,18-19,27-30,48H,9-11,14-17,20-21H2,1-5H3,(H2,39,49)(H,43,52)(H,44,50)(H,45,51)(H,46,54)(H4,40,41,42,47,53)/t27-,28+,29-,30-/m0/s1. The van der Waals surface area contributed by atoms with E-state index < -0.39 is 65.5 Å². The van der Waals surface area contributed by atoms with E-state index in [0.717, 1.165) is 5.56 Å². The lowest BCUT2D eigenvalue weighted by atomic mass is 9.95. The van der Waals surface area contributed by atoms with E-state index in [1.54, 1.807) is 58.9 Å². The van der Waals surface area contributed by atoms with Crippen molar-refractivity contribution in [3.8, 4) is 5.75 Å². The first-order valence-corrected chi connectivity index (χ1v) is 18.3. The van der Waals surface area contributed by atoms with Gasteiger partial charge in [0, 0.05) is 25.9 Å². The van der Waals surface area contributed by atoms with E-state index in [0.29, 0.717) is 29.5 Å². The molecule has 7 amide bonds. The third kappa shape index (κ3) is 15.2. The van der Waals surface area contributed by atoms with E-state index in [2.05, 4.69) is 36.9 Å². The summed E-state index contributed by atoms with van der Waals surface area (Å²) in [4.78, 5) is 83.9. The first-order valence-electron chi connectivity index (χ1n) is 18.3. The lowest BCUT2D eigenvalue weighted by Gasteiger charge is -2.27. The fourth-order valence-corrected chi connectivity index (χ4v) is 5.95. The number of carbonyl (C=O) groups is 6. The van der Waals surface area contributed by atoms with Crippen LogP contribution in [0.5, 0.6) is 5.75 Å². The molecular weight excluding hydrogens is 710 g/mol. The van der Waals surface area contributed by atoms with Crippen LogP contribution in [-0.2, 0) is 36.8 Å². The second kappa shape index (κ2) is 20.5. The van der Waals surface area contributed by atoms with Crippen LogP contribution in [-0.4, -0.2) is 89.7 Å². The summed E-state index contributed by atoms with van der Waals surface area (Å²) in [6, 6.07) is 6.67. The number of hydrogen-bond acceptors (Lipinski definition) is 10. The molecule has 0 saturated carbocycles. The number of amides is 7. The molecule has 11 N–H and O–H groups in total. The van der Waals surface area contributed by atoms with Crippen molar-refractivity contribution >= 4 is 41.7 Å². The van der Waals surface area contributed by atoms with Crippen molar-refractivity contribution in [2.45, 2.75) is 109 Å². The van der Waals surface area contributed by atoms with Crippen LogP contribution in [0, 0.1) is 13.8 Å². The molecule has 0 aromatic heterocycles. The Kier molecular flexibility index (Phi) is 16.3. The topological polar surface area (TPSA) is 268 Å². The maximum atomic E-state index is 14.3. The highest BCUT2D eigenvalue weighted by molar-refractivity contribution is 5.96. The van der Waals surface area contributed by atoms with E-state index in [-0.39, 0.29) is 56.9 Å². The fraction of sp³-hybridized carbons (Fsp3) is 0.500. The zero-order chi connectivity index (χ0) is 40.7. The van der Waals surface area contributed by atoms with E-state index in [9.17, 15) is 33.9 Å². The highest BCUT2D eigenvalue weighted by Crippen LogP contribution is 2.22. The molecule has 17 nitrogen and oxygen atoms in total. The smallest absolute Gasteiger partial charge is 0.408 e. The number of phenolic OH excluding ortho intramolecular Hbond substituents is 1. The van der Waals surface area contributed by atoms with Crippen LogP contribution in [0.3, 0.4) is 0 Å². The van der Waals surface area contributed by atoms with Gasteiger partial charge in [0.05, 0.1) is 0 Å². The molecule has 55 heavy (non-hydrogen) atoms. The van der Waals surface area contributed by atoms with Gasteiger partial charge >= 0.3 is 12.1 Å². The first kappa shape index (κ1) is 43.5. The molecule has 1 heterocycles. The summed E-state index contributed by atoms with van der Waals surface area (Å²) in [6.07, 6.45) is 0.307. The zero-order valence-electron chi connectivity index (χ0n) is 32.1. The van der Waals surface area contributed by atoms with Crippen molar-refractivity contribution in [2.24, 2.45) is 16.5 Å². The third-order valence-electron chi connectivity index (χ3n) is 8.68. The molecule has 2 aromatic rings. The number of guanidine groups is 1. The number of benzene rings is 2. The molecule has 0 spiro atoms. The van der Waals surface area contributed by atoms with Crippen molar-refractivity contribution in [2.75, 3.05) is 13.1 Å². The Balaban J connectivity index is 2.00. The lowest BCUT2D eigenvalue weighted by molar-refractivity contribution is -0.133. The molecule has 0 saturated heterocycles. The lowest BCUT2D eigenvalue weighted by Crippen LogP contribution is -2.59. The summed E-state index contributed by atoms with van der Waals surface area (Å²) < 4.78 is 5.40.